The van der Waals surface area contributed by atoms with E-state index in [2.05, 4.69) is 223 Å². The lowest BCUT2D eigenvalue weighted by atomic mass is 9.94. The van der Waals surface area contributed by atoms with Crippen molar-refractivity contribution in [2.24, 2.45) is 0 Å². The second kappa shape index (κ2) is 14.1. The summed E-state index contributed by atoms with van der Waals surface area (Å²) in [6.45, 7) is 0. The molecule has 0 aliphatic heterocycles. The van der Waals surface area contributed by atoms with E-state index in [9.17, 15) is 0 Å². The Morgan fingerprint density at radius 2 is 0.783 bits per heavy atom. The summed E-state index contributed by atoms with van der Waals surface area (Å²) in [6, 6.07) is 79.4. The monoisotopic (exact) mass is 780 g/mol. The molecule has 0 fully saturated rings. The van der Waals surface area contributed by atoms with E-state index in [1.165, 1.54) is 80.8 Å². The number of thiazole rings is 1. The van der Waals surface area contributed by atoms with E-state index in [1.807, 2.05) is 0 Å². The van der Waals surface area contributed by atoms with Crippen molar-refractivity contribution in [2.75, 3.05) is 4.90 Å². The third kappa shape index (κ3) is 5.74. The van der Waals surface area contributed by atoms with Gasteiger partial charge in [-0.3, -0.25) is 0 Å². The quantitative estimate of drug-likeness (QED) is 0.156. The first-order valence-electron chi connectivity index (χ1n) is 20.4. The lowest BCUT2D eigenvalue weighted by Gasteiger charge is -2.26. The van der Waals surface area contributed by atoms with Gasteiger partial charge in [0.15, 0.2) is 0 Å². The van der Waals surface area contributed by atoms with Crippen molar-refractivity contribution in [2.45, 2.75) is 0 Å². The maximum absolute atomic E-state index is 5.04. The summed E-state index contributed by atoms with van der Waals surface area (Å²) in [7, 11) is 0. The Morgan fingerprint density at radius 1 is 0.317 bits per heavy atom. The van der Waals surface area contributed by atoms with E-state index >= 15 is 0 Å². The molecule has 2 nitrogen and oxygen atoms in total. The van der Waals surface area contributed by atoms with Gasteiger partial charge in [0, 0.05) is 28.0 Å². The maximum Gasteiger partial charge on any atom is 0.124 e. The molecule has 1 aromatic heterocycles. The summed E-state index contributed by atoms with van der Waals surface area (Å²) in [5, 5.41) is 13.7. The summed E-state index contributed by atoms with van der Waals surface area (Å²) >= 11 is 1.78. The molecule has 0 saturated carbocycles. The molecule has 12 rings (SSSR count). The molecule has 0 unspecified atom stereocenters. The Bertz CT molecular complexity index is 3540. The summed E-state index contributed by atoms with van der Waals surface area (Å²) in [6.07, 6.45) is 0. The SMILES string of the molecule is c1ccc(-c2ccc(N(c3ccc(-c4ccc5c(ccc6ccc7nc(-c8ccccc8)sc7c65)c4)cc3)c3ccc4c5ccccc5c5ccccc5c4c3)cc2)cc1. The van der Waals surface area contributed by atoms with Crippen LogP contribution >= 0.6 is 11.3 Å². The minimum Gasteiger partial charge on any atom is -0.310 e. The number of aromatic nitrogens is 1. The van der Waals surface area contributed by atoms with Crippen molar-refractivity contribution in [3.8, 4) is 32.8 Å². The molecule has 0 radical (unpaired) electrons. The van der Waals surface area contributed by atoms with Gasteiger partial charge in [0.2, 0.25) is 0 Å². The highest BCUT2D eigenvalue weighted by Gasteiger charge is 2.17. The van der Waals surface area contributed by atoms with Gasteiger partial charge in [-0.25, -0.2) is 4.98 Å². The van der Waals surface area contributed by atoms with Gasteiger partial charge in [0.25, 0.3) is 0 Å². The zero-order valence-electron chi connectivity index (χ0n) is 32.6. The van der Waals surface area contributed by atoms with Crippen LogP contribution in [0.15, 0.2) is 218 Å². The molecule has 60 heavy (non-hydrogen) atoms. The number of rotatable bonds is 6. The van der Waals surface area contributed by atoms with Crippen LogP contribution in [0.2, 0.25) is 0 Å². The Balaban J connectivity index is 0.964. The first kappa shape index (κ1) is 34.5. The number of hydrogen-bond acceptors (Lipinski definition) is 3. The number of nitrogens with zero attached hydrogens (tertiary/aromatic N) is 2. The van der Waals surface area contributed by atoms with E-state index in [-0.39, 0.29) is 0 Å². The fourth-order valence-electron chi connectivity index (χ4n) is 9.13. The molecule has 1 heterocycles. The average molecular weight is 781 g/mol. The zero-order chi connectivity index (χ0) is 39.6. The van der Waals surface area contributed by atoms with Gasteiger partial charge in [-0.1, -0.05) is 170 Å². The number of fused-ring (bicyclic) bond motifs is 11. The van der Waals surface area contributed by atoms with Crippen molar-refractivity contribution in [3.63, 3.8) is 0 Å². The Morgan fingerprint density at radius 3 is 1.43 bits per heavy atom. The maximum atomic E-state index is 5.04. The molecule has 0 N–H and O–H groups in total. The van der Waals surface area contributed by atoms with Gasteiger partial charge in [-0.05, 0) is 119 Å². The first-order chi connectivity index (χ1) is 29.7. The van der Waals surface area contributed by atoms with Crippen molar-refractivity contribution < 1.29 is 0 Å². The molecule has 0 aliphatic carbocycles. The Labute approximate surface area is 351 Å². The van der Waals surface area contributed by atoms with E-state index in [1.54, 1.807) is 11.3 Å². The molecule has 280 valence electrons. The third-order valence-electron chi connectivity index (χ3n) is 12.1. The van der Waals surface area contributed by atoms with Gasteiger partial charge in [-0.15, -0.1) is 11.3 Å². The molecule has 0 amide bonds. The molecule has 0 bridgehead atoms. The minimum atomic E-state index is 1.05. The number of hydrogen-bond donors (Lipinski definition) is 0. The number of benzene rings is 11. The first-order valence-corrected chi connectivity index (χ1v) is 21.3. The molecule has 0 saturated heterocycles. The molecule has 0 aliphatic rings. The fraction of sp³-hybridized carbons (Fsp3) is 0. The van der Waals surface area contributed by atoms with Crippen molar-refractivity contribution in [1.82, 2.24) is 4.98 Å². The lowest BCUT2D eigenvalue weighted by molar-refractivity contribution is 1.29. The largest absolute Gasteiger partial charge is 0.310 e. The molecular formula is C57H36N2S. The van der Waals surface area contributed by atoms with Crippen LogP contribution in [0.1, 0.15) is 0 Å². The van der Waals surface area contributed by atoms with Crippen LogP contribution in [0, 0.1) is 0 Å². The van der Waals surface area contributed by atoms with Crippen molar-refractivity contribution in [3.05, 3.63) is 218 Å². The van der Waals surface area contributed by atoms with Gasteiger partial charge < -0.3 is 4.90 Å². The van der Waals surface area contributed by atoms with Crippen LogP contribution in [-0.4, -0.2) is 4.98 Å². The van der Waals surface area contributed by atoms with Gasteiger partial charge in [0.1, 0.15) is 5.01 Å². The van der Waals surface area contributed by atoms with Crippen LogP contribution in [-0.2, 0) is 0 Å². The van der Waals surface area contributed by atoms with Crippen LogP contribution in [0.3, 0.4) is 0 Å². The highest BCUT2D eigenvalue weighted by Crippen LogP contribution is 2.43. The topological polar surface area (TPSA) is 16.1 Å². The fourth-order valence-corrected chi connectivity index (χ4v) is 10.3. The zero-order valence-corrected chi connectivity index (χ0v) is 33.4. The lowest BCUT2D eigenvalue weighted by Crippen LogP contribution is -2.10. The van der Waals surface area contributed by atoms with Crippen LogP contribution in [0.4, 0.5) is 17.1 Å². The summed E-state index contributed by atoms with van der Waals surface area (Å²) < 4.78 is 1.24. The van der Waals surface area contributed by atoms with E-state index < -0.39 is 0 Å². The Kier molecular flexibility index (Phi) is 8.07. The molecular weight excluding hydrogens is 745 g/mol. The van der Waals surface area contributed by atoms with Gasteiger partial charge >= 0.3 is 0 Å². The molecule has 0 atom stereocenters. The molecule has 3 heteroatoms. The van der Waals surface area contributed by atoms with E-state index in [4.69, 9.17) is 4.98 Å². The van der Waals surface area contributed by atoms with Crippen molar-refractivity contribution in [1.29, 1.82) is 0 Å². The summed E-state index contributed by atoms with van der Waals surface area (Å²) in [5.41, 5.74) is 10.3. The predicted octanol–water partition coefficient (Wildman–Crippen LogP) is 16.5. The Hall–Kier alpha value is -7.59. The van der Waals surface area contributed by atoms with Crippen LogP contribution in [0.5, 0.6) is 0 Å². The minimum absolute atomic E-state index is 1.05. The average Bonchev–Trinajstić information content (AvgIpc) is 3.78. The van der Waals surface area contributed by atoms with Crippen LogP contribution in [0.25, 0.3) is 96.9 Å². The smallest absolute Gasteiger partial charge is 0.124 e. The second-order valence-electron chi connectivity index (χ2n) is 15.5. The van der Waals surface area contributed by atoms with Crippen molar-refractivity contribution >= 4 is 92.5 Å². The van der Waals surface area contributed by atoms with Crippen LogP contribution < -0.4 is 4.90 Å². The normalized spacial score (nSPS) is 11.7. The molecule has 0 spiro atoms. The third-order valence-corrected chi connectivity index (χ3v) is 13.2. The molecule has 11 aromatic carbocycles. The van der Waals surface area contributed by atoms with E-state index in [0.717, 1.165) is 33.1 Å². The van der Waals surface area contributed by atoms with E-state index in [0.29, 0.717) is 0 Å². The molecule has 12 aromatic rings. The highest BCUT2D eigenvalue weighted by molar-refractivity contribution is 7.22. The predicted molar refractivity (Wildman–Crippen MR) is 258 cm³/mol. The summed E-state index contributed by atoms with van der Waals surface area (Å²) in [4.78, 5) is 7.43. The summed E-state index contributed by atoms with van der Waals surface area (Å²) in [5.74, 6) is 0. The second-order valence-corrected chi connectivity index (χ2v) is 16.5. The number of anilines is 3. The highest BCUT2D eigenvalue weighted by atomic mass is 32.1. The standard InChI is InChI=1S/C57H36N2S/c1-3-11-37(12-4-1)38-21-27-44(28-22-38)59(46-31-33-52-50-17-8-7-15-48(50)49-16-9-10-18-51(49)53(52)36-46)45-29-23-39(24-30-45)42-25-32-47-43(35-42)20-19-40-26-34-54-56(55(40)47)60-57(58-54)41-13-5-2-6-14-41/h1-36H. The van der Waals surface area contributed by atoms with Gasteiger partial charge in [-0.2, -0.15) is 0 Å². The van der Waals surface area contributed by atoms with Gasteiger partial charge in [0.05, 0.1) is 10.2 Å².